The Morgan fingerprint density at radius 1 is 1.17 bits per heavy atom. The third kappa shape index (κ3) is 4.76. The molecule has 0 bridgehead atoms. The highest BCUT2D eigenvalue weighted by atomic mass is 32.2. The van der Waals surface area contributed by atoms with Gasteiger partial charge in [0.1, 0.15) is 0 Å². The molecule has 0 radical (unpaired) electrons. The number of likely N-dealkylation sites (N-methyl/N-ethyl adjacent to an activating group) is 1. The van der Waals surface area contributed by atoms with Crippen LogP contribution in [0.2, 0.25) is 0 Å². The molecule has 0 aliphatic carbocycles. The second-order valence-electron chi connectivity index (χ2n) is 4.51. The van der Waals surface area contributed by atoms with E-state index in [-0.39, 0.29) is 12.4 Å². The molecule has 0 unspecified atom stereocenters. The Labute approximate surface area is 109 Å². The lowest BCUT2D eigenvalue weighted by atomic mass is 10.2. The maximum Gasteiger partial charge on any atom is 0.178 e. The largest absolute Gasteiger partial charge is 0.395 e. The molecule has 5 heteroatoms. The molecular weight excluding hydrogens is 250 g/mol. The van der Waals surface area contributed by atoms with Crippen molar-refractivity contribution in [1.29, 1.82) is 0 Å². The van der Waals surface area contributed by atoms with Crippen LogP contribution in [-0.2, 0) is 9.84 Å². The highest BCUT2D eigenvalue weighted by Crippen LogP contribution is 2.13. The molecular formula is C13H21NO3S. The number of benzene rings is 1. The van der Waals surface area contributed by atoms with Gasteiger partial charge in [0.2, 0.25) is 0 Å². The third-order valence-corrected chi connectivity index (χ3v) is 4.63. The van der Waals surface area contributed by atoms with Crippen LogP contribution in [0.25, 0.3) is 0 Å². The lowest BCUT2D eigenvalue weighted by Gasteiger charge is -2.14. The SMILES string of the molecule is Cc1ccc(S(=O)(=O)CCCN(C)CCO)cc1. The summed E-state index contributed by atoms with van der Waals surface area (Å²) >= 11 is 0. The second kappa shape index (κ2) is 6.87. The minimum Gasteiger partial charge on any atom is -0.395 e. The van der Waals surface area contributed by atoms with Gasteiger partial charge in [-0.15, -0.1) is 0 Å². The van der Waals surface area contributed by atoms with E-state index in [9.17, 15) is 8.42 Å². The van der Waals surface area contributed by atoms with E-state index in [1.54, 1.807) is 12.1 Å². The number of aryl methyl sites for hydroxylation is 1. The summed E-state index contributed by atoms with van der Waals surface area (Å²) in [6.45, 7) is 3.28. The fraction of sp³-hybridized carbons (Fsp3) is 0.538. The van der Waals surface area contributed by atoms with Crippen molar-refractivity contribution in [3.63, 3.8) is 0 Å². The van der Waals surface area contributed by atoms with Crippen molar-refractivity contribution in [1.82, 2.24) is 4.90 Å². The van der Waals surface area contributed by atoms with Gasteiger partial charge in [-0.3, -0.25) is 0 Å². The molecule has 0 heterocycles. The van der Waals surface area contributed by atoms with Gasteiger partial charge in [-0.1, -0.05) is 17.7 Å². The topological polar surface area (TPSA) is 57.6 Å². The van der Waals surface area contributed by atoms with Crippen molar-refractivity contribution >= 4 is 9.84 Å². The van der Waals surface area contributed by atoms with E-state index in [0.717, 1.165) is 5.56 Å². The molecule has 1 rings (SSSR count). The van der Waals surface area contributed by atoms with Gasteiger partial charge in [0.15, 0.2) is 9.84 Å². The van der Waals surface area contributed by atoms with Gasteiger partial charge in [0.25, 0.3) is 0 Å². The Morgan fingerprint density at radius 2 is 1.78 bits per heavy atom. The van der Waals surface area contributed by atoms with Crippen molar-refractivity contribution in [3.8, 4) is 0 Å². The molecule has 0 aliphatic rings. The molecule has 4 nitrogen and oxygen atoms in total. The Bertz CT molecular complexity index is 454. The first kappa shape index (κ1) is 15.1. The molecule has 0 saturated carbocycles. The summed E-state index contributed by atoms with van der Waals surface area (Å²) in [6.07, 6.45) is 0.576. The molecule has 1 N–H and O–H groups in total. The molecule has 0 aliphatic heterocycles. The fourth-order valence-corrected chi connectivity index (χ4v) is 2.97. The molecule has 0 atom stereocenters. The fourth-order valence-electron chi connectivity index (χ4n) is 1.67. The van der Waals surface area contributed by atoms with E-state index in [4.69, 9.17) is 5.11 Å². The molecule has 1 aromatic carbocycles. The lowest BCUT2D eigenvalue weighted by molar-refractivity contribution is 0.222. The molecule has 0 spiro atoms. The first-order chi connectivity index (χ1) is 8.45. The Morgan fingerprint density at radius 3 is 2.33 bits per heavy atom. The summed E-state index contributed by atoms with van der Waals surface area (Å²) in [7, 11) is -1.31. The van der Waals surface area contributed by atoms with Crippen molar-refractivity contribution in [3.05, 3.63) is 29.8 Å². The minimum atomic E-state index is -3.18. The van der Waals surface area contributed by atoms with Crippen molar-refractivity contribution < 1.29 is 13.5 Å². The normalized spacial score (nSPS) is 12.0. The van der Waals surface area contributed by atoms with Gasteiger partial charge in [0.05, 0.1) is 17.3 Å². The zero-order valence-corrected chi connectivity index (χ0v) is 11.8. The van der Waals surface area contributed by atoms with Gasteiger partial charge < -0.3 is 10.0 Å². The molecule has 102 valence electrons. The van der Waals surface area contributed by atoms with E-state index < -0.39 is 9.84 Å². The number of aliphatic hydroxyl groups excluding tert-OH is 1. The minimum absolute atomic E-state index is 0.0984. The van der Waals surface area contributed by atoms with Crippen LogP contribution in [0.15, 0.2) is 29.2 Å². The number of hydrogen-bond donors (Lipinski definition) is 1. The number of rotatable bonds is 7. The predicted molar refractivity (Wildman–Crippen MR) is 72.4 cm³/mol. The van der Waals surface area contributed by atoms with Crippen LogP contribution < -0.4 is 0 Å². The van der Waals surface area contributed by atoms with Gasteiger partial charge in [-0.05, 0) is 39.1 Å². The highest BCUT2D eigenvalue weighted by Gasteiger charge is 2.13. The van der Waals surface area contributed by atoms with Crippen LogP contribution in [0.1, 0.15) is 12.0 Å². The van der Waals surface area contributed by atoms with Crippen LogP contribution in [0.4, 0.5) is 0 Å². The van der Waals surface area contributed by atoms with Crippen molar-refractivity contribution in [2.75, 3.05) is 32.5 Å². The quantitative estimate of drug-likeness (QED) is 0.806. The van der Waals surface area contributed by atoms with Crippen LogP contribution in [0.5, 0.6) is 0 Å². The lowest BCUT2D eigenvalue weighted by Crippen LogP contribution is -2.24. The summed E-state index contributed by atoms with van der Waals surface area (Å²) in [4.78, 5) is 2.31. The van der Waals surface area contributed by atoms with Gasteiger partial charge in [0, 0.05) is 6.54 Å². The molecule has 1 aromatic rings. The summed E-state index contributed by atoms with van der Waals surface area (Å²) < 4.78 is 24.0. The van der Waals surface area contributed by atoms with Gasteiger partial charge in [-0.2, -0.15) is 0 Å². The van der Waals surface area contributed by atoms with Crippen LogP contribution in [0.3, 0.4) is 0 Å². The Balaban J connectivity index is 2.52. The zero-order chi connectivity index (χ0) is 13.6. The van der Waals surface area contributed by atoms with Gasteiger partial charge >= 0.3 is 0 Å². The van der Waals surface area contributed by atoms with E-state index in [0.29, 0.717) is 24.4 Å². The van der Waals surface area contributed by atoms with Crippen molar-refractivity contribution in [2.45, 2.75) is 18.2 Å². The van der Waals surface area contributed by atoms with Crippen molar-refractivity contribution in [2.24, 2.45) is 0 Å². The average molecular weight is 271 g/mol. The number of hydrogen-bond acceptors (Lipinski definition) is 4. The second-order valence-corrected chi connectivity index (χ2v) is 6.62. The standard InChI is InChI=1S/C13H21NO3S/c1-12-4-6-13(7-5-12)18(16,17)11-3-8-14(2)9-10-15/h4-7,15H,3,8-11H2,1-2H3. The maximum absolute atomic E-state index is 12.0. The van der Waals surface area contributed by atoms with Crippen LogP contribution >= 0.6 is 0 Å². The average Bonchev–Trinajstić information content (AvgIpc) is 2.29. The summed E-state index contributed by atoms with van der Waals surface area (Å²) in [5.41, 5.74) is 1.05. The third-order valence-electron chi connectivity index (χ3n) is 2.81. The van der Waals surface area contributed by atoms with Gasteiger partial charge in [-0.25, -0.2) is 8.42 Å². The predicted octanol–water partition coefficient (Wildman–Crippen LogP) is 1.08. The smallest absolute Gasteiger partial charge is 0.178 e. The summed E-state index contributed by atoms with van der Waals surface area (Å²) in [6, 6.07) is 6.93. The molecule has 0 amide bonds. The first-order valence-corrected chi connectivity index (χ1v) is 7.70. The highest BCUT2D eigenvalue weighted by molar-refractivity contribution is 7.91. The molecule has 0 fully saturated rings. The van der Waals surface area contributed by atoms with E-state index in [2.05, 4.69) is 0 Å². The Kier molecular flexibility index (Phi) is 5.78. The molecule has 0 saturated heterocycles. The number of sulfone groups is 1. The molecule has 0 aromatic heterocycles. The zero-order valence-electron chi connectivity index (χ0n) is 11.0. The maximum atomic E-state index is 12.0. The monoisotopic (exact) mass is 271 g/mol. The van der Waals surface area contributed by atoms with E-state index >= 15 is 0 Å². The number of aliphatic hydroxyl groups is 1. The van der Waals surface area contributed by atoms with Crippen LogP contribution in [-0.4, -0.2) is 50.9 Å². The van der Waals surface area contributed by atoms with E-state index in [1.165, 1.54) is 0 Å². The van der Waals surface area contributed by atoms with Crippen LogP contribution in [0, 0.1) is 6.92 Å². The van der Waals surface area contributed by atoms with E-state index in [1.807, 2.05) is 31.0 Å². The summed E-state index contributed by atoms with van der Waals surface area (Å²) in [5, 5.41) is 8.74. The summed E-state index contributed by atoms with van der Waals surface area (Å²) in [5.74, 6) is 0.145. The molecule has 18 heavy (non-hydrogen) atoms. The Hall–Kier alpha value is -0.910. The number of nitrogens with zero attached hydrogens (tertiary/aromatic N) is 1. The first-order valence-electron chi connectivity index (χ1n) is 6.04.